The molecule has 1 saturated heterocycles. The van der Waals surface area contributed by atoms with Gasteiger partial charge in [0.25, 0.3) is 0 Å². The number of nitrogens with zero attached hydrogens (tertiary/aromatic N) is 2. The standard InChI is InChI=1S/C14H25N3O2/c1-10(2)12(15)9-13(18)16-5-7-17(8-6-16)14(19)11-3-4-11/h10-12H,3-9,15H2,1-2H3. The first-order chi connectivity index (χ1) is 8.99. The number of hydrogen-bond acceptors (Lipinski definition) is 3. The maximum absolute atomic E-state index is 12.1. The molecule has 1 aliphatic heterocycles. The summed E-state index contributed by atoms with van der Waals surface area (Å²) in [5.41, 5.74) is 5.94. The monoisotopic (exact) mass is 267 g/mol. The molecule has 2 fully saturated rings. The number of carbonyl (C=O) groups excluding carboxylic acids is 2. The van der Waals surface area contributed by atoms with Gasteiger partial charge in [-0.2, -0.15) is 0 Å². The summed E-state index contributed by atoms with van der Waals surface area (Å²) in [6.45, 7) is 6.73. The first kappa shape index (κ1) is 14.3. The quantitative estimate of drug-likeness (QED) is 0.804. The third-order valence-electron chi connectivity index (χ3n) is 4.14. The molecule has 1 heterocycles. The third-order valence-corrected chi connectivity index (χ3v) is 4.14. The molecular formula is C14H25N3O2. The zero-order chi connectivity index (χ0) is 14.0. The number of rotatable bonds is 4. The summed E-state index contributed by atoms with van der Waals surface area (Å²) >= 11 is 0. The molecule has 5 heteroatoms. The highest BCUT2D eigenvalue weighted by atomic mass is 16.2. The first-order valence-corrected chi connectivity index (χ1v) is 7.31. The van der Waals surface area contributed by atoms with Crippen molar-refractivity contribution in [3.05, 3.63) is 0 Å². The van der Waals surface area contributed by atoms with Crippen LogP contribution in [-0.2, 0) is 9.59 Å². The minimum Gasteiger partial charge on any atom is -0.339 e. The lowest BCUT2D eigenvalue weighted by Crippen LogP contribution is -2.52. The highest BCUT2D eigenvalue weighted by Crippen LogP contribution is 2.31. The topological polar surface area (TPSA) is 66.6 Å². The van der Waals surface area contributed by atoms with E-state index in [0.29, 0.717) is 38.5 Å². The Morgan fingerprint density at radius 2 is 1.63 bits per heavy atom. The van der Waals surface area contributed by atoms with Crippen molar-refractivity contribution >= 4 is 11.8 Å². The van der Waals surface area contributed by atoms with Crippen molar-refractivity contribution in [2.45, 2.75) is 39.2 Å². The fourth-order valence-corrected chi connectivity index (χ4v) is 2.33. The van der Waals surface area contributed by atoms with Gasteiger partial charge in [0, 0.05) is 44.6 Å². The predicted octanol–water partition coefficient (Wildman–Crippen LogP) is 0.441. The van der Waals surface area contributed by atoms with Crippen molar-refractivity contribution < 1.29 is 9.59 Å². The molecule has 5 nitrogen and oxygen atoms in total. The zero-order valence-electron chi connectivity index (χ0n) is 12.0. The molecule has 1 aliphatic carbocycles. The Morgan fingerprint density at radius 1 is 1.11 bits per heavy atom. The van der Waals surface area contributed by atoms with Crippen LogP contribution < -0.4 is 5.73 Å². The van der Waals surface area contributed by atoms with Crippen LogP contribution in [0.4, 0.5) is 0 Å². The zero-order valence-corrected chi connectivity index (χ0v) is 12.0. The summed E-state index contributed by atoms with van der Waals surface area (Å²) in [5, 5.41) is 0. The van der Waals surface area contributed by atoms with Gasteiger partial charge in [0.1, 0.15) is 0 Å². The average Bonchev–Trinajstić information content (AvgIpc) is 3.22. The van der Waals surface area contributed by atoms with Gasteiger partial charge in [-0.1, -0.05) is 13.8 Å². The van der Waals surface area contributed by atoms with Crippen molar-refractivity contribution in [1.82, 2.24) is 9.80 Å². The highest BCUT2D eigenvalue weighted by molar-refractivity contribution is 5.82. The second kappa shape index (κ2) is 5.90. The van der Waals surface area contributed by atoms with Crippen LogP contribution in [0.5, 0.6) is 0 Å². The Balaban J connectivity index is 1.76. The highest BCUT2D eigenvalue weighted by Gasteiger charge is 2.35. The van der Waals surface area contributed by atoms with Crippen molar-refractivity contribution in [3.63, 3.8) is 0 Å². The lowest BCUT2D eigenvalue weighted by Gasteiger charge is -2.35. The smallest absolute Gasteiger partial charge is 0.225 e. The van der Waals surface area contributed by atoms with Crippen LogP contribution in [0.1, 0.15) is 33.1 Å². The van der Waals surface area contributed by atoms with E-state index in [2.05, 4.69) is 0 Å². The minimum absolute atomic E-state index is 0.0707. The van der Waals surface area contributed by atoms with Gasteiger partial charge in [-0.05, 0) is 18.8 Å². The fourth-order valence-electron chi connectivity index (χ4n) is 2.33. The van der Waals surface area contributed by atoms with E-state index >= 15 is 0 Å². The maximum atomic E-state index is 12.1. The van der Waals surface area contributed by atoms with Gasteiger partial charge in [0.15, 0.2) is 0 Å². The lowest BCUT2D eigenvalue weighted by molar-refractivity contribution is -0.140. The molecule has 2 aliphatic rings. The van der Waals surface area contributed by atoms with Crippen LogP contribution in [0, 0.1) is 11.8 Å². The Kier molecular flexibility index (Phi) is 4.45. The van der Waals surface area contributed by atoms with Crippen LogP contribution in [0.15, 0.2) is 0 Å². The van der Waals surface area contributed by atoms with Crippen molar-refractivity contribution in [1.29, 1.82) is 0 Å². The van der Waals surface area contributed by atoms with Crippen LogP contribution in [0.3, 0.4) is 0 Å². The van der Waals surface area contributed by atoms with Gasteiger partial charge in [-0.3, -0.25) is 9.59 Å². The van der Waals surface area contributed by atoms with E-state index in [1.807, 2.05) is 23.6 Å². The number of carbonyl (C=O) groups is 2. The number of amides is 2. The van der Waals surface area contributed by atoms with E-state index in [-0.39, 0.29) is 23.8 Å². The fraction of sp³-hybridized carbons (Fsp3) is 0.857. The van der Waals surface area contributed by atoms with E-state index in [0.717, 1.165) is 12.8 Å². The second-order valence-electron chi connectivity index (χ2n) is 6.09. The molecule has 0 radical (unpaired) electrons. The van der Waals surface area contributed by atoms with E-state index in [1.165, 1.54) is 0 Å². The average molecular weight is 267 g/mol. The molecule has 0 spiro atoms. The van der Waals surface area contributed by atoms with Crippen LogP contribution in [-0.4, -0.2) is 53.8 Å². The van der Waals surface area contributed by atoms with Gasteiger partial charge < -0.3 is 15.5 Å². The van der Waals surface area contributed by atoms with Crippen LogP contribution >= 0.6 is 0 Å². The molecule has 2 amide bonds. The molecule has 0 aromatic carbocycles. The largest absolute Gasteiger partial charge is 0.339 e. The molecule has 19 heavy (non-hydrogen) atoms. The summed E-state index contributed by atoms with van der Waals surface area (Å²) < 4.78 is 0. The normalized spacial score (nSPS) is 21.7. The number of nitrogens with two attached hydrogens (primary N) is 1. The number of piperazine rings is 1. The summed E-state index contributed by atoms with van der Waals surface area (Å²) in [4.78, 5) is 27.7. The molecular weight excluding hydrogens is 242 g/mol. The predicted molar refractivity (Wildman–Crippen MR) is 73.3 cm³/mol. The Hall–Kier alpha value is -1.10. The molecule has 0 aromatic rings. The summed E-state index contributed by atoms with van der Waals surface area (Å²) in [5.74, 6) is 1.00. The Morgan fingerprint density at radius 3 is 2.11 bits per heavy atom. The van der Waals surface area contributed by atoms with Crippen LogP contribution in [0.2, 0.25) is 0 Å². The number of hydrogen-bond donors (Lipinski definition) is 1. The molecule has 0 bridgehead atoms. The second-order valence-corrected chi connectivity index (χ2v) is 6.09. The minimum atomic E-state index is -0.0707. The first-order valence-electron chi connectivity index (χ1n) is 7.31. The van der Waals surface area contributed by atoms with Crippen LogP contribution in [0.25, 0.3) is 0 Å². The van der Waals surface area contributed by atoms with Gasteiger partial charge in [0.05, 0.1) is 0 Å². The van der Waals surface area contributed by atoms with Crippen molar-refractivity contribution in [2.75, 3.05) is 26.2 Å². The summed E-state index contributed by atoms with van der Waals surface area (Å²) in [7, 11) is 0. The van der Waals surface area contributed by atoms with Crippen molar-refractivity contribution in [3.8, 4) is 0 Å². The van der Waals surface area contributed by atoms with Gasteiger partial charge in [-0.25, -0.2) is 0 Å². The maximum Gasteiger partial charge on any atom is 0.225 e. The van der Waals surface area contributed by atoms with Gasteiger partial charge in [-0.15, -0.1) is 0 Å². The molecule has 108 valence electrons. The molecule has 0 aromatic heterocycles. The van der Waals surface area contributed by atoms with Gasteiger partial charge >= 0.3 is 0 Å². The molecule has 1 unspecified atom stereocenters. The Labute approximate surface area is 115 Å². The van der Waals surface area contributed by atoms with E-state index in [4.69, 9.17) is 5.73 Å². The van der Waals surface area contributed by atoms with E-state index < -0.39 is 0 Å². The SMILES string of the molecule is CC(C)C(N)CC(=O)N1CCN(C(=O)C2CC2)CC1. The van der Waals surface area contributed by atoms with E-state index in [1.54, 1.807) is 0 Å². The molecule has 2 rings (SSSR count). The lowest BCUT2D eigenvalue weighted by atomic mass is 10.0. The van der Waals surface area contributed by atoms with Crippen molar-refractivity contribution in [2.24, 2.45) is 17.6 Å². The third kappa shape index (κ3) is 3.69. The van der Waals surface area contributed by atoms with E-state index in [9.17, 15) is 9.59 Å². The summed E-state index contributed by atoms with van der Waals surface area (Å²) in [6, 6.07) is -0.0707. The molecule has 1 saturated carbocycles. The molecule has 1 atom stereocenters. The molecule has 2 N–H and O–H groups in total. The Bertz CT molecular complexity index is 345. The van der Waals surface area contributed by atoms with Gasteiger partial charge in [0.2, 0.25) is 11.8 Å². The summed E-state index contributed by atoms with van der Waals surface area (Å²) in [6.07, 6.45) is 2.50.